The largest absolute Gasteiger partial charge is 0.396 e. The first-order valence-corrected chi connectivity index (χ1v) is 9.12. The molecule has 0 aliphatic heterocycles. The number of aliphatic hydroxyl groups excluding tert-OH is 1. The molecule has 0 bridgehead atoms. The highest BCUT2D eigenvalue weighted by Crippen LogP contribution is 2.16. The van der Waals surface area contributed by atoms with Crippen LogP contribution in [0.2, 0.25) is 0 Å². The number of benzene rings is 2. The predicted octanol–water partition coefficient (Wildman–Crippen LogP) is 2.63. The Hall–Kier alpha value is -3.04. The van der Waals surface area contributed by atoms with Crippen molar-refractivity contribution in [1.29, 1.82) is 0 Å². The first-order chi connectivity index (χ1) is 13.4. The summed E-state index contributed by atoms with van der Waals surface area (Å²) in [5.74, 6) is -1.06. The minimum atomic E-state index is -0.564. The Balaban J connectivity index is 2.29. The number of halogens is 1. The summed E-state index contributed by atoms with van der Waals surface area (Å²) in [7, 11) is 0. The number of carbonyl (C=O) groups excluding carboxylic acids is 2. The zero-order chi connectivity index (χ0) is 20.5. The maximum Gasteiger partial charge on any atom is 0.270 e. The van der Waals surface area contributed by atoms with Crippen LogP contribution in [0, 0.1) is 10.1 Å². The van der Waals surface area contributed by atoms with Gasteiger partial charge in [-0.2, -0.15) is 0 Å². The number of rotatable bonds is 8. The van der Waals surface area contributed by atoms with Gasteiger partial charge < -0.3 is 15.7 Å². The number of nitrogens with one attached hydrogen (secondary N) is 2. The number of nitro benzene ring substituents is 1. The zero-order valence-corrected chi connectivity index (χ0v) is 16.3. The Labute approximate surface area is 169 Å². The lowest BCUT2D eigenvalue weighted by molar-refractivity contribution is -0.384. The van der Waals surface area contributed by atoms with E-state index in [0.717, 1.165) is 4.47 Å². The SMILES string of the molecule is O=C(NCCCO)/C(=C/c1cccc([N+](=O)[O-])c1)NC(=O)c1ccc(Br)cc1. The maximum atomic E-state index is 12.5. The number of hydrogen-bond acceptors (Lipinski definition) is 5. The molecular formula is C19H18BrN3O5. The number of aliphatic hydroxyl groups is 1. The highest BCUT2D eigenvalue weighted by atomic mass is 79.9. The third-order valence-electron chi connectivity index (χ3n) is 3.61. The summed E-state index contributed by atoms with van der Waals surface area (Å²) >= 11 is 3.28. The number of carbonyl (C=O) groups is 2. The van der Waals surface area contributed by atoms with Crippen LogP contribution in [-0.2, 0) is 4.79 Å². The molecule has 2 aromatic rings. The van der Waals surface area contributed by atoms with Crippen molar-refractivity contribution in [1.82, 2.24) is 10.6 Å². The van der Waals surface area contributed by atoms with Gasteiger partial charge in [-0.25, -0.2) is 0 Å². The molecule has 0 unspecified atom stereocenters. The number of non-ortho nitro benzene ring substituents is 1. The lowest BCUT2D eigenvalue weighted by Gasteiger charge is -2.11. The Bertz CT molecular complexity index is 897. The van der Waals surface area contributed by atoms with Gasteiger partial charge >= 0.3 is 0 Å². The van der Waals surface area contributed by atoms with E-state index in [2.05, 4.69) is 26.6 Å². The first-order valence-electron chi connectivity index (χ1n) is 8.33. The lowest BCUT2D eigenvalue weighted by Crippen LogP contribution is -2.35. The van der Waals surface area contributed by atoms with E-state index >= 15 is 0 Å². The van der Waals surface area contributed by atoms with Gasteiger partial charge in [0.05, 0.1) is 4.92 Å². The van der Waals surface area contributed by atoms with Crippen molar-refractivity contribution in [3.8, 4) is 0 Å². The quantitative estimate of drug-likeness (QED) is 0.248. The average Bonchev–Trinajstić information content (AvgIpc) is 2.68. The number of amides is 2. The fraction of sp³-hybridized carbons (Fsp3) is 0.158. The minimum absolute atomic E-state index is 0.0636. The van der Waals surface area contributed by atoms with Crippen LogP contribution >= 0.6 is 15.9 Å². The molecule has 0 saturated heterocycles. The fourth-order valence-electron chi connectivity index (χ4n) is 2.23. The zero-order valence-electron chi connectivity index (χ0n) is 14.7. The maximum absolute atomic E-state index is 12.5. The van der Waals surface area contributed by atoms with E-state index in [0.29, 0.717) is 17.5 Å². The van der Waals surface area contributed by atoms with Crippen molar-refractivity contribution in [3.05, 3.63) is 79.9 Å². The summed E-state index contributed by atoms with van der Waals surface area (Å²) in [5.41, 5.74) is 0.535. The van der Waals surface area contributed by atoms with E-state index in [1.54, 1.807) is 30.3 Å². The summed E-state index contributed by atoms with van der Waals surface area (Å²) < 4.78 is 0.804. The Morgan fingerprint density at radius 1 is 1.18 bits per heavy atom. The summed E-state index contributed by atoms with van der Waals surface area (Å²) in [5, 5.41) is 24.9. The summed E-state index contributed by atoms with van der Waals surface area (Å²) in [6.07, 6.45) is 1.72. The molecule has 3 N–H and O–H groups in total. The molecule has 8 nitrogen and oxygen atoms in total. The van der Waals surface area contributed by atoms with E-state index in [1.165, 1.54) is 24.3 Å². The Kier molecular flexibility index (Phi) is 7.85. The predicted molar refractivity (Wildman–Crippen MR) is 107 cm³/mol. The molecule has 0 atom stereocenters. The van der Waals surface area contributed by atoms with Gasteiger partial charge in [0.25, 0.3) is 17.5 Å². The second-order valence-corrected chi connectivity index (χ2v) is 6.62. The summed E-state index contributed by atoms with van der Waals surface area (Å²) in [4.78, 5) is 35.3. The van der Waals surface area contributed by atoms with Crippen LogP contribution in [0.5, 0.6) is 0 Å². The molecule has 9 heteroatoms. The van der Waals surface area contributed by atoms with Gasteiger partial charge in [-0.05, 0) is 42.3 Å². The smallest absolute Gasteiger partial charge is 0.270 e. The molecule has 2 rings (SSSR count). The van der Waals surface area contributed by atoms with Crippen LogP contribution in [0.4, 0.5) is 5.69 Å². The first kappa shape index (κ1) is 21.3. The van der Waals surface area contributed by atoms with Gasteiger partial charge in [-0.15, -0.1) is 0 Å². The van der Waals surface area contributed by atoms with Gasteiger partial charge in [0, 0.05) is 35.3 Å². The van der Waals surface area contributed by atoms with Crippen LogP contribution in [0.3, 0.4) is 0 Å². The van der Waals surface area contributed by atoms with Crippen molar-refractivity contribution in [3.63, 3.8) is 0 Å². The molecule has 0 aliphatic rings. The van der Waals surface area contributed by atoms with E-state index in [4.69, 9.17) is 5.11 Å². The van der Waals surface area contributed by atoms with E-state index < -0.39 is 16.7 Å². The number of hydrogen-bond donors (Lipinski definition) is 3. The molecule has 0 aliphatic carbocycles. The third-order valence-corrected chi connectivity index (χ3v) is 4.14. The standard InChI is InChI=1S/C19H18BrN3O5/c20-15-7-5-14(6-8-15)18(25)22-17(19(26)21-9-2-10-24)12-13-3-1-4-16(11-13)23(27)28/h1,3-8,11-12,24H,2,9-10H2,(H,21,26)(H,22,25)/b17-12-. The second-order valence-electron chi connectivity index (χ2n) is 5.70. The monoisotopic (exact) mass is 447 g/mol. The molecule has 0 fully saturated rings. The molecule has 0 spiro atoms. The summed E-state index contributed by atoms with van der Waals surface area (Å²) in [6, 6.07) is 12.3. The topological polar surface area (TPSA) is 122 Å². The van der Waals surface area contributed by atoms with Crippen molar-refractivity contribution >= 4 is 39.5 Å². The van der Waals surface area contributed by atoms with Crippen molar-refractivity contribution < 1.29 is 19.6 Å². The van der Waals surface area contributed by atoms with E-state index in [-0.39, 0.29) is 24.5 Å². The summed E-state index contributed by atoms with van der Waals surface area (Å²) in [6.45, 7) is 0.130. The minimum Gasteiger partial charge on any atom is -0.396 e. The Morgan fingerprint density at radius 3 is 2.54 bits per heavy atom. The molecule has 0 heterocycles. The fourth-order valence-corrected chi connectivity index (χ4v) is 2.49. The average molecular weight is 448 g/mol. The Morgan fingerprint density at radius 2 is 1.89 bits per heavy atom. The van der Waals surface area contributed by atoms with Crippen LogP contribution in [-0.4, -0.2) is 35.0 Å². The highest BCUT2D eigenvalue weighted by Gasteiger charge is 2.15. The molecule has 2 amide bonds. The molecule has 0 saturated carbocycles. The van der Waals surface area contributed by atoms with Gasteiger partial charge in [-0.3, -0.25) is 19.7 Å². The molecule has 146 valence electrons. The van der Waals surface area contributed by atoms with E-state index in [1.807, 2.05) is 0 Å². The van der Waals surface area contributed by atoms with Crippen LogP contribution in [0.15, 0.2) is 58.7 Å². The van der Waals surface area contributed by atoms with E-state index in [9.17, 15) is 19.7 Å². The number of nitrogens with zero attached hydrogens (tertiary/aromatic N) is 1. The van der Waals surface area contributed by atoms with Crippen molar-refractivity contribution in [2.75, 3.05) is 13.2 Å². The molecule has 28 heavy (non-hydrogen) atoms. The van der Waals surface area contributed by atoms with Gasteiger partial charge in [0.2, 0.25) is 0 Å². The highest BCUT2D eigenvalue weighted by molar-refractivity contribution is 9.10. The number of nitro groups is 1. The van der Waals surface area contributed by atoms with Gasteiger partial charge in [0.15, 0.2) is 0 Å². The third kappa shape index (κ3) is 6.29. The van der Waals surface area contributed by atoms with Crippen LogP contribution < -0.4 is 10.6 Å². The lowest BCUT2D eigenvalue weighted by atomic mass is 10.1. The normalized spacial score (nSPS) is 11.0. The molecule has 0 radical (unpaired) electrons. The van der Waals surface area contributed by atoms with Crippen molar-refractivity contribution in [2.45, 2.75) is 6.42 Å². The van der Waals surface area contributed by atoms with Gasteiger partial charge in [0.1, 0.15) is 5.70 Å². The van der Waals surface area contributed by atoms with Crippen molar-refractivity contribution in [2.24, 2.45) is 0 Å². The molecule has 0 aromatic heterocycles. The van der Waals surface area contributed by atoms with Crippen LogP contribution in [0.25, 0.3) is 6.08 Å². The van der Waals surface area contributed by atoms with Gasteiger partial charge in [-0.1, -0.05) is 28.1 Å². The van der Waals surface area contributed by atoms with Crippen LogP contribution in [0.1, 0.15) is 22.3 Å². The second kappa shape index (κ2) is 10.3. The molecule has 2 aromatic carbocycles. The molecular weight excluding hydrogens is 430 g/mol.